The van der Waals surface area contributed by atoms with E-state index < -0.39 is 7.07 Å². The summed E-state index contributed by atoms with van der Waals surface area (Å²) in [4.78, 5) is 9.02. The van der Waals surface area contributed by atoms with Gasteiger partial charge in [0, 0.05) is 6.54 Å². The molecule has 1 unspecified atom stereocenters. The molecule has 0 aromatic heterocycles. The van der Waals surface area contributed by atoms with Crippen LogP contribution in [0.1, 0.15) is 6.42 Å². The van der Waals surface area contributed by atoms with Crippen molar-refractivity contribution in [1.82, 2.24) is 5.09 Å². The van der Waals surface area contributed by atoms with Crippen LogP contribution in [-0.4, -0.2) is 18.0 Å². The van der Waals surface area contributed by atoms with Gasteiger partial charge < -0.3 is 0 Å². The first kappa shape index (κ1) is 6.78. The average Bonchev–Trinajstić information content (AvgIpc) is 1.65. The molecule has 8 heavy (non-hydrogen) atoms. The Labute approximate surface area is 54.1 Å². The van der Waals surface area contributed by atoms with Gasteiger partial charge in [-0.3, -0.25) is 0 Å². The van der Waals surface area contributed by atoms with Crippen LogP contribution < -0.4 is 5.09 Å². The fourth-order valence-corrected chi connectivity index (χ4v) is 2.00. The maximum atomic E-state index is 9.02. The molecule has 0 radical (unpaired) electrons. The van der Waals surface area contributed by atoms with Crippen LogP contribution >= 0.6 is 19.3 Å². The van der Waals surface area contributed by atoms with Gasteiger partial charge in [0.1, 0.15) is 0 Å². The molecule has 0 spiro atoms. The third kappa shape index (κ3) is 1.88. The first-order valence-electron chi connectivity index (χ1n) is 2.45. The maximum absolute atomic E-state index is 9.02. The lowest BCUT2D eigenvalue weighted by Crippen LogP contribution is -2.22. The molecule has 1 fully saturated rings. The molecule has 2 N–H and O–H groups in total. The summed E-state index contributed by atoms with van der Waals surface area (Å²) in [7, 11) is -2.39. The molecular weight excluding hydrogens is 145 g/mol. The van der Waals surface area contributed by atoms with Gasteiger partial charge in [0.05, 0.1) is 18.9 Å². The zero-order valence-electron chi connectivity index (χ0n) is 4.37. The zero-order valence-corrected chi connectivity index (χ0v) is 6.16. The van der Waals surface area contributed by atoms with E-state index in [1.54, 1.807) is 0 Å². The highest BCUT2D eigenvalue weighted by atomic mass is 32.7. The SMILES string of the molecule is O[P+]1(S)NCCCO1. The lowest BCUT2D eigenvalue weighted by molar-refractivity contribution is 0.269. The van der Waals surface area contributed by atoms with Crippen molar-refractivity contribution in [3.63, 3.8) is 0 Å². The highest BCUT2D eigenvalue weighted by Gasteiger charge is 2.35. The molecule has 0 aromatic carbocycles. The Morgan fingerprint density at radius 2 is 2.50 bits per heavy atom. The summed E-state index contributed by atoms with van der Waals surface area (Å²) in [5.74, 6) is 0. The second-order valence-electron chi connectivity index (χ2n) is 1.64. The molecule has 0 bridgehead atoms. The molecule has 5 heteroatoms. The average molecular weight is 154 g/mol. The second-order valence-corrected chi connectivity index (χ2v) is 4.93. The fraction of sp³-hybridized carbons (Fsp3) is 1.00. The lowest BCUT2D eigenvalue weighted by Gasteiger charge is -2.16. The van der Waals surface area contributed by atoms with Crippen LogP contribution in [0.3, 0.4) is 0 Å². The Hall–Kier alpha value is 0.660. The van der Waals surface area contributed by atoms with Gasteiger partial charge >= 0.3 is 7.07 Å². The monoisotopic (exact) mass is 154 g/mol. The van der Waals surface area contributed by atoms with Crippen molar-refractivity contribution in [1.29, 1.82) is 0 Å². The molecule has 1 rings (SSSR count). The number of thiol groups is 1. The first-order chi connectivity index (χ1) is 3.71. The molecule has 1 aliphatic heterocycles. The van der Waals surface area contributed by atoms with Crippen LogP contribution in [0.2, 0.25) is 0 Å². The van der Waals surface area contributed by atoms with Gasteiger partial charge in [-0.1, -0.05) is 0 Å². The molecule has 48 valence electrons. The highest BCUT2D eigenvalue weighted by molar-refractivity contribution is 8.48. The third-order valence-corrected chi connectivity index (χ3v) is 2.86. The Morgan fingerprint density at radius 1 is 1.75 bits per heavy atom. The largest absolute Gasteiger partial charge is 0.406 e. The Balaban J connectivity index is 2.33. The van der Waals surface area contributed by atoms with Crippen molar-refractivity contribution in [2.75, 3.05) is 13.2 Å². The molecule has 3 nitrogen and oxygen atoms in total. The summed E-state index contributed by atoms with van der Waals surface area (Å²) in [6.45, 7) is 1.44. The predicted octanol–water partition coefficient (Wildman–Crippen LogP) is 0.596. The topological polar surface area (TPSA) is 41.5 Å². The van der Waals surface area contributed by atoms with Crippen LogP contribution in [0.5, 0.6) is 0 Å². The standard InChI is InChI=1S/C3H9NO2PS/c5-7(8)4-2-1-3-6-7/h4-5,8H,1-3H2/q+1. The molecule has 0 saturated carbocycles. The van der Waals surface area contributed by atoms with E-state index in [-0.39, 0.29) is 0 Å². The second kappa shape index (κ2) is 2.50. The summed E-state index contributed by atoms with van der Waals surface area (Å²) in [6.07, 6.45) is 0.961. The highest BCUT2D eigenvalue weighted by Crippen LogP contribution is 2.57. The van der Waals surface area contributed by atoms with Crippen LogP contribution in [0.4, 0.5) is 0 Å². The summed E-state index contributed by atoms with van der Waals surface area (Å²) in [5, 5.41) is 2.77. The van der Waals surface area contributed by atoms with Crippen molar-refractivity contribution in [3.05, 3.63) is 0 Å². The molecule has 1 atom stereocenters. The Morgan fingerprint density at radius 3 is 2.75 bits per heavy atom. The summed E-state index contributed by atoms with van der Waals surface area (Å²) in [5.41, 5.74) is 0. The molecule has 1 aliphatic rings. The molecule has 0 aromatic rings. The third-order valence-electron chi connectivity index (χ3n) is 0.910. The van der Waals surface area contributed by atoms with Crippen molar-refractivity contribution < 1.29 is 9.42 Å². The van der Waals surface area contributed by atoms with Crippen LogP contribution in [0, 0.1) is 0 Å². The smallest absolute Gasteiger partial charge is 0.193 e. The van der Waals surface area contributed by atoms with Gasteiger partial charge in [-0.15, -0.1) is 5.09 Å². The van der Waals surface area contributed by atoms with Gasteiger partial charge in [0.15, 0.2) is 0 Å². The van der Waals surface area contributed by atoms with Crippen molar-refractivity contribution >= 4 is 19.3 Å². The fourth-order valence-electron chi connectivity index (χ4n) is 0.534. The minimum absolute atomic E-state index is 0.626. The summed E-state index contributed by atoms with van der Waals surface area (Å²) < 4.78 is 4.89. The minimum atomic E-state index is -2.39. The minimum Gasteiger partial charge on any atom is -0.193 e. The quantitative estimate of drug-likeness (QED) is 0.353. The van der Waals surface area contributed by atoms with E-state index >= 15 is 0 Å². The van der Waals surface area contributed by atoms with Crippen molar-refractivity contribution in [3.8, 4) is 0 Å². The van der Waals surface area contributed by atoms with Crippen LogP contribution in [-0.2, 0) is 4.52 Å². The number of hydrogen-bond donors (Lipinski definition) is 3. The number of hydrogen-bond acceptors (Lipinski definition) is 4. The first-order valence-corrected chi connectivity index (χ1v) is 5.26. The number of rotatable bonds is 0. The van der Waals surface area contributed by atoms with E-state index in [1.165, 1.54) is 0 Å². The summed E-state index contributed by atoms with van der Waals surface area (Å²) in [6, 6.07) is 0. The summed E-state index contributed by atoms with van der Waals surface area (Å²) >= 11 is 3.85. The van der Waals surface area contributed by atoms with Gasteiger partial charge in [-0.25, -0.2) is 0 Å². The normalized spacial score (nSPS) is 39.8. The van der Waals surface area contributed by atoms with Crippen molar-refractivity contribution in [2.24, 2.45) is 0 Å². The van der Waals surface area contributed by atoms with E-state index in [1.807, 2.05) is 0 Å². The van der Waals surface area contributed by atoms with E-state index in [2.05, 4.69) is 17.3 Å². The van der Waals surface area contributed by atoms with E-state index in [0.29, 0.717) is 6.61 Å². The van der Waals surface area contributed by atoms with Crippen LogP contribution in [0.25, 0.3) is 0 Å². The van der Waals surface area contributed by atoms with Crippen LogP contribution in [0.15, 0.2) is 0 Å². The number of nitrogens with one attached hydrogen (secondary N) is 1. The van der Waals surface area contributed by atoms with Crippen molar-refractivity contribution in [2.45, 2.75) is 6.42 Å². The Bertz CT molecular complexity index is 81.4. The molecule has 0 amide bonds. The van der Waals surface area contributed by atoms with E-state index in [4.69, 9.17) is 9.42 Å². The molecular formula is C3H9NO2PS+. The van der Waals surface area contributed by atoms with Gasteiger partial charge in [-0.2, -0.15) is 9.42 Å². The maximum Gasteiger partial charge on any atom is 0.406 e. The molecule has 1 saturated heterocycles. The van der Waals surface area contributed by atoms with Gasteiger partial charge in [0.25, 0.3) is 0 Å². The van der Waals surface area contributed by atoms with Gasteiger partial charge in [-0.05, 0) is 6.42 Å². The molecule has 0 aliphatic carbocycles. The zero-order chi connectivity index (χ0) is 6.04. The Kier molecular flexibility index (Phi) is 2.12. The van der Waals surface area contributed by atoms with E-state index in [0.717, 1.165) is 13.0 Å². The van der Waals surface area contributed by atoms with Gasteiger partial charge in [0.2, 0.25) is 0 Å². The lowest BCUT2D eigenvalue weighted by atomic mass is 10.5. The predicted molar refractivity (Wildman–Crippen MR) is 36.7 cm³/mol. The van der Waals surface area contributed by atoms with E-state index in [9.17, 15) is 0 Å². The molecule has 1 heterocycles.